The van der Waals surface area contributed by atoms with Gasteiger partial charge in [0.1, 0.15) is 5.82 Å². The van der Waals surface area contributed by atoms with Crippen molar-refractivity contribution in [1.29, 1.82) is 0 Å². The lowest BCUT2D eigenvalue weighted by atomic mass is 9.92. The Labute approximate surface area is 118 Å². The summed E-state index contributed by atoms with van der Waals surface area (Å²) in [6, 6.07) is 10.6. The van der Waals surface area contributed by atoms with Crippen LogP contribution >= 0.6 is 11.6 Å². The molecule has 0 saturated carbocycles. The van der Waals surface area contributed by atoms with Gasteiger partial charge in [-0.25, -0.2) is 4.39 Å². The molecule has 0 fully saturated rings. The van der Waals surface area contributed by atoms with Crippen LogP contribution in [0.4, 0.5) is 4.39 Å². The van der Waals surface area contributed by atoms with Crippen molar-refractivity contribution in [2.75, 3.05) is 0 Å². The number of rotatable bonds is 3. The lowest BCUT2D eigenvalue weighted by Gasteiger charge is -2.18. The third kappa shape index (κ3) is 3.34. The van der Waals surface area contributed by atoms with Crippen molar-refractivity contribution in [3.8, 4) is 0 Å². The number of hydrogen-bond donors (Lipinski definition) is 1. The van der Waals surface area contributed by atoms with Gasteiger partial charge in [-0.05, 0) is 66.8 Å². The monoisotopic (exact) mass is 277 g/mol. The van der Waals surface area contributed by atoms with Gasteiger partial charge in [-0.1, -0.05) is 23.7 Å². The summed E-state index contributed by atoms with van der Waals surface area (Å²) < 4.78 is 13.3. The Morgan fingerprint density at radius 1 is 1.16 bits per heavy atom. The Morgan fingerprint density at radius 3 is 2.37 bits per heavy atom. The van der Waals surface area contributed by atoms with Crippen molar-refractivity contribution >= 4 is 11.6 Å². The number of benzene rings is 2. The van der Waals surface area contributed by atoms with Crippen molar-refractivity contribution in [2.45, 2.75) is 26.3 Å². The molecule has 0 bridgehead atoms. The summed E-state index contributed by atoms with van der Waals surface area (Å²) in [6.45, 7) is 3.78. The van der Waals surface area contributed by atoms with Crippen molar-refractivity contribution in [3.63, 3.8) is 0 Å². The van der Waals surface area contributed by atoms with E-state index in [1.807, 2.05) is 38.1 Å². The van der Waals surface area contributed by atoms with Crippen LogP contribution in [0.5, 0.6) is 0 Å². The van der Waals surface area contributed by atoms with Gasteiger partial charge in [-0.3, -0.25) is 0 Å². The molecule has 1 unspecified atom stereocenters. The first-order valence-electron chi connectivity index (χ1n) is 6.24. The Hall–Kier alpha value is -1.38. The summed E-state index contributed by atoms with van der Waals surface area (Å²) in [6.07, 6.45) is 0.688. The van der Waals surface area contributed by atoms with Gasteiger partial charge in [0.15, 0.2) is 0 Å². The van der Waals surface area contributed by atoms with Gasteiger partial charge in [0.05, 0.1) is 0 Å². The van der Waals surface area contributed by atoms with Crippen LogP contribution in [-0.2, 0) is 6.42 Å². The van der Waals surface area contributed by atoms with E-state index >= 15 is 0 Å². The second-order valence-corrected chi connectivity index (χ2v) is 5.33. The van der Waals surface area contributed by atoms with Gasteiger partial charge < -0.3 is 5.73 Å². The molecule has 0 aliphatic heterocycles. The largest absolute Gasteiger partial charge is 0.324 e. The standard InChI is InChI=1S/C16H17ClFN/c1-10-6-14(18)7-11(2)16(10)15(19)9-12-4-3-5-13(17)8-12/h3-8,15H,9,19H2,1-2H3. The molecule has 2 rings (SSSR count). The van der Waals surface area contributed by atoms with E-state index in [0.717, 1.165) is 22.3 Å². The minimum atomic E-state index is -0.214. The average Bonchev–Trinajstić information content (AvgIpc) is 2.27. The summed E-state index contributed by atoms with van der Waals surface area (Å²) >= 11 is 5.97. The van der Waals surface area contributed by atoms with E-state index in [-0.39, 0.29) is 11.9 Å². The van der Waals surface area contributed by atoms with Crippen LogP contribution in [0.1, 0.15) is 28.3 Å². The number of aryl methyl sites for hydroxylation is 2. The lowest BCUT2D eigenvalue weighted by molar-refractivity contribution is 0.620. The van der Waals surface area contributed by atoms with Crippen LogP contribution in [-0.4, -0.2) is 0 Å². The summed E-state index contributed by atoms with van der Waals surface area (Å²) in [5.74, 6) is -0.214. The molecule has 2 aromatic carbocycles. The molecule has 1 nitrogen and oxygen atoms in total. The van der Waals surface area contributed by atoms with E-state index in [0.29, 0.717) is 11.4 Å². The zero-order valence-electron chi connectivity index (χ0n) is 11.1. The molecule has 2 N–H and O–H groups in total. The molecular weight excluding hydrogens is 261 g/mol. The highest BCUT2D eigenvalue weighted by Crippen LogP contribution is 2.25. The first-order valence-corrected chi connectivity index (χ1v) is 6.62. The topological polar surface area (TPSA) is 26.0 Å². The van der Waals surface area contributed by atoms with Crippen LogP contribution < -0.4 is 5.73 Å². The molecule has 0 amide bonds. The molecule has 100 valence electrons. The zero-order chi connectivity index (χ0) is 14.0. The molecule has 0 radical (unpaired) electrons. The van der Waals surface area contributed by atoms with Crippen LogP contribution in [0.15, 0.2) is 36.4 Å². The average molecular weight is 278 g/mol. The first-order chi connectivity index (χ1) is 8.97. The van der Waals surface area contributed by atoms with E-state index in [1.54, 1.807) is 0 Å². The lowest BCUT2D eigenvalue weighted by Crippen LogP contribution is -2.16. The highest BCUT2D eigenvalue weighted by molar-refractivity contribution is 6.30. The predicted octanol–water partition coefficient (Wildman–Crippen LogP) is 4.34. The van der Waals surface area contributed by atoms with Crippen molar-refractivity contribution in [1.82, 2.24) is 0 Å². The van der Waals surface area contributed by atoms with Crippen LogP contribution in [0.3, 0.4) is 0 Å². The normalized spacial score (nSPS) is 12.5. The summed E-state index contributed by atoms with van der Waals surface area (Å²) in [7, 11) is 0. The fourth-order valence-electron chi connectivity index (χ4n) is 2.53. The molecular formula is C16H17ClFN. The molecule has 0 saturated heterocycles. The number of hydrogen-bond acceptors (Lipinski definition) is 1. The maximum absolute atomic E-state index is 13.3. The fraction of sp³-hybridized carbons (Fsp3) is 0.250. The van der Waals surface area contributed by atoms with E-state index in [1.165, 1.54) is 12.1 Å². The van der Waals surface area contributed by atoms with E-state index in [9.17, 15) is 4.39 Å². The van der Waals surface area contributed by atoms with Crippen LogP contribution in [0, 0.1) is 19.7 Å². The number of halogens is 2. The van der Waals surface area contributed by atoms with Crippen molar-refractivity contribution in [2.24, 2.45) is 5.73 Å². The van der Waals surface area contributed by atoms with E-state index in [2.05, 4.69) is 0 Å². The van der Waals surface area contributed by atoms with Gasteiger partial charge in [-0.2, -0.15) is 0 Å². The van der Waals surface area contributed by atoms with Crippen LogP contribution in [0.25, 0.3) is 0 Å². The first kappa shape index (κ1) is 14.0. The minimum absolute atomic E-state index is 0.154. The second kappa shape index (κ2) is 5.72. The molecule has 1 atom stereocenters. The third-order valence-corrected chi connectivity index (χ3v) is 3.51. The molecule has 3 heteroatoms. The van der Waals surface area contributed by atoms with E-state index < -0.39 is 0 Å². The Kier molecular flexibility index (Phi) is 4.23. The molecule has 0 aromatic heterocycles. The summed E-state index contributed by atoms with van der Waals surface area (Å²) in [4.78, 5) is 0. The van der Waals surface area contributed by atoms with E-state index in [4.69, 9.17) is 17.3 Å². The van der Waals surface area contributed by atoms with Gasteiger partial charge in [-0.15, -0.1) is 0 Å². The van der Waals surface area contributed by atoms with Gasteiger partial charge in [0.2, 0.25) is 0 Å². The van der Waals surface area contributed by atoms with Gasteiger partial charge in [0, 0.05) is 11.1 Å². The predicted molar refractivity (Wildman–Crippen MR) is 78.0 cm³/mol. The second-order valence-electron chi connectivity index (χ2n) is 4.89. The molecule has 0 aliphatic rings. The molecule has 2 aromatic rings. The maximum atomic E-state index is 13.3. The SMILES string of the molecule is Cc1cc(F)cc(C)c1C(N)Cc1cccc(Cl)c1. The fourth-order valence-corrected chi connectivity index (χ4v) is 2.74. The smallest absolute Gasteiger partial charge is 0.123 e. The highest BCUT2D eigenvalue weighted by atomic mass is 35.5. The maximum Gasteiger partial charge on any atom is 0.123 e. The Morgan fingerprint density at radius 2 is 1.79 bits per heavy atom. The Balaban J connectivity index is 2.28. The minimum Gasteiger partial charge on any atom is -0.324 e. The Bertz CT molecular complexity index is 572. The summed E-state index contributed by atoms with van der Waals surface area (Å²) in [5, 5.41) is 0.706. The summed E-state index contributed by atoms with van der Waals surface area (Å²) in [5.41, 5.74) is 10.2. The zero-order valence-corrected chi connectivity index (χ0v) is 11.8. The molecule has 19 heavy (non-hydrogen) atoms. The van der Waals surface area contributed by atoms with Gasteiger partial charge >= 0.3 is 0 Å². The molecule has 0 spiro atoms. The van der Waals surface area contributed by atoms with Crippen molar-refractivity contribution in [3.05, 3.63) is 69.5 Å². The highest BCUT2D eigenvalue weighted by Gasteiger charge is 2.14. The van der Waals surface area contributed by atoms with Gasteiger partial charge in [0.25, 0.3) is 0 Å². The van der Waals surface area contributed by atoms with Crippen molar-refractivity contribution < 1.29 is 4.39 Å². The number of nitrogens with two attached hydrogens (primary N) is 1. The quantitative estimate of drug-likeness (QED) is 0.887. The molecule has 0 aliphatic carbocycles. The van der Waals surface area contributed by atoms with Crippen LogP contribution in [0.2, 0.25) is 5.02 Å². The third-order valence-electron chi connectivity index (χ3n) is 3.27. The molecule has 0 heterocycles.